The van der Waals surface area contributed by atoms with Crippen molar-refractivity contribution in [2.75, 3.05) is 0 Å². The predicted octanol–water partition coefficient (Wildman–Crippen LogP) is 4.39. The zero-order chi connectivity index (χ0) is 11.9. The third kappa shape index (κ3) is 4.59. The highest BCUT2D eigenvalue weighted by molar-refractivity contribution is 4.97. The number of hydrogen-bond acceptors (Lipinski definition) is 1. The molecule has 0 N–H and O–H groups in total. The highest BCUT2D eigenvalue weighted by atomic mass is 19.3. The maximum Gasteiger partial charge on any atom is 0.334 e. The van der Waals surface area contributed by atoms with E-state index in [1.807, 2.05) is 6.92 Å². The molecule has 15 heavy (non-hydrogen) atoms. The molecule has 0 aliphatic heterocycles. The van der Waals surface area contributed by atoms with Crippen LogP contribution in [-0.2, 0) is 0 Å². The number of rotatable bonds is 7. The van der Waals surface area contributed by atoms with Gasteiger partial charge in [-0.25, -0.2) is 0 Å². The summed E-state index contributed by atoms with van der Waals surface area (Å²) in [6.07, 6.45) is 4.49. The number of nitrogens with zero attached hydrogens (tertiary/aromatic N) is 1. The highest BCUT2D eigenvalue weighted by Crippen LogP contribution is 2.35. The molecule has 0 radical (unpaired) electrons. The van der Waals surface area contributed by atoms with Crippen LogP contribution in [0.5, 0.6) is 0 Å². The van der Waals surface area contributed by atoms with E-state index >= 15 is 0 Å². The van der Waals surface area contributed by atoms with Crippen molar-refractivity contribution in [3.05, 3.63) is 0 Å². The minimum atomic E-state index is -3.17. The van der Waals surface area contributed by atoms with Gasteiger partial charge in [-0.3, -0.25) is 0 Å². The van der Waals surface area contributed by atoms with Crippen molar-refractivity contribution in [1.82, 2.24) is 0 Å². The van der Waals surface area contributed by atoms with Gasteiger partial charge < -0.3 is 0 Å². The van der Waals surface area contributed by atoms with E-state index in [0.29, 0.717) is 0 Å². The topological polar surface area (TPSA) is 23.8 Å². The standard InChI is InChI=1S/C12H21F2N/c1-4-6-8-11(7-5-2)10(3)12(13,14)9-15/h10-11H,4-8H2,1-3H3. The van der Waals surface area contributed by atoms with Gasteiger partial charge in [-0.05, 0) is 12.3 Å². The Morgan fingerprint density at radius 2 is 1.80 bits per heavy atom. The first-order chi connectivity index (χ1) is 6.99. The minimum absolute atomic E-state index is 0.0235. The van der Waals surface area contributed by atoms with Gasteiger partial charge >= 0.3 is 5.92 Å². The molecule has 0 heterocycles. The first-order valence-corrected chi connectivity index (χ1v) is 5.78. The van der Waals surface area contributed by atoms with Gasteiger partial charge in [-0.1, -0.05) is 46.5 Å². The van der Waals surface area contributed by atoms with Crippen LogP contribution in [-0.4, -0.2) is 5.92 Å². The Morgan fingerprint density at radius 3 is 2.20 bits per heavy atom. The number of alkyl halides is 2. The van der Waals surface area contributed by atoms with Crippen molar-refractivity contribution in [2.24, 2.45) is 11.8 Å². The molecule has 0 spiro atoms. The molecule has 88 valence electrons. The van der Waals surface area contributed by atoms with Crippen molar-refractivity contribution in [2.45, 2.75) is 58.8 Å². The van der Waals surface area contributed by atoms with Crippen LogP contribution in [0, 0.1) is 23.2 Å². The molecule has 0 aliphatic carbocycles. The number of hydrogen-bond donors (Lipinski definition) is 0. The molecule has 0 bridgehead atoms. The van der Waals surface area contributed by atoms with E-state index in [1.54, 1.807) is 0 Å². The van der Waals surface area contributed by atoms with Crippen LogP contribution >= 0.6 is 0 Å². The third-order valence-electron chi connectivity index (χ3n) is 3.02. The van der Waals surface area contributed by atoms with E-state index in [9.17, 15) is 8.78 Å². The lowest BCUT2D eigenvalue weighted by molar-refractivity contribution is -0.0231. The summed E-state index contributed by atoms with van der Waals surface area (Å²) in [7, 11) is 0. The van der Waals surface area contributed by atoms with E-state index in [1.165, 1.54) is 6.92 Å². The van der Waals surface area contributed by atoms with Crippen molar-refractivity contribution < 1.29 is 8.78 Å². The van der Waals surface area contributed by atoms with Gasteiger partial charge in [0.1, 0.15) is 6.07 Å². The highest BCUT2D eigenvalue weighted by Gasteiger charge is 2.40. The Morgan fingerprint density at radius 1 is 1.20 bits per heavy atom. The van der Waals surface area contributed by atoms with Crippen LogP contribution in [0.1, 0.15) is 52.9 Å². The Labute approximate surface area is 91.5 Å². The van der Waals surface area contributed by atoms with Gasteiger partial charge in [0.15, 0.2) is 0 Å². The Kier molecular flexibility index (Phi) is 6.47. The molecule has 0 amide bonds. The molecule has 0 aromatic rings. The lowest BCUT2D eigenvalue weighted by atomic mass is 9.82. The molecule has 0 aromatic carbocycles. The van der Waals surface area contributed by atoms with Crippen LogP contribution in [0.15, 0.2) is 0 Å². The fraction of sp³-hybridized carbons (Fsp3) is 0.917. The van der Waals surface area contributed by atoms with Crippen LogP contribution in [0.2, 0.25) is 0 Å². The number of halogens is 2. The molecule has 0 aliphatic rings. The van der Waals surface area contributed by atoms with Gasteiger partial charge in [-0.15, -0.1) is 0 Å². The van der Waals surface area contributed by atoms with Gasteiger partial charge in [0, 0.05) is 5.92 Å². The molecule has 0 saturated heterocycles. The SMILES string of the molecule is CCCCC(CCC)C(C)C(F)(F)C#N. The largest absolute Gasteiger partial charge is 0.334 e. The number of nitriles is 1. The smallest absolute Gasteiger partial charge is 0.192 e. The van der Waals surface area contributed by atoms with Crippen molar-refractivity contribution in [3.63, 3.8) is 0 Å². The monoisotopic (exact) mass is 217 g/mol. The summed E-state index contributed by atoms with van der Waals surface area (Å²) >= 11 is 0. The van der Waals surface area contributed by atoms with Crippen LogP contribution in [0.4, 0.5) is 8.78 Å². The summed E-state index contributed by atoms with van der Waals surface area (Å²) in [5.41, 5.74) is 0. The first-order valence-electron chi connectivity index (χ1n) is 5.78. The van der Waals surface area contributed by atoms with Crippen molar-refractivity contribution >= 4 is 0 Å². The third-order valence-corrected chi connectivity index (χ3v) is 3.02. The van der Waals surface area contributed by atoms with Gasteiger partial charge in [-0.2, -0.15) is 14.0 Å². The Bertz CT molecular complexity index is 208. The average Bonchev–Trinajstić information content (AvgIpc) is 2.23. The lowest BCUT2D eigenvalue weighted by Gasteiger charge is -2.26. The molecule has 1 nitrogen and oxygen atoms in total. The maximum atomic E-state index is 13.2. The van der Waals surface area contributed by atoms with Crippen LogP contribution < -0.4 is 0 Å². The fourth-order valence-corrected chi connectivity index (χ4v) is 1.88. The molecule has 2 atom stereocenters. The fourth-order valence-electron chi connectivity index (χ4n) is 1.88. The van der Waals surface area contributed by atoms with E-state index in [0.717, 1.165) is 38.2 Å². The summed E-state index contributed by atoms with van der Waals surface area (Å²) < 4.78 is 26.4. The molecular weight excluding hydrogens is 196 g/mol. The molecule has 2 unspecified atom stereocenters. The summed E-state index contributed by atoms with van der Waals surface area (Å²) in [6.45, 7) is 5.55. The average molecular weight is 217 g/mol. The molecule has 0 rings (SSSR count). The molecule has 0 fully saturated rings. The van der Waals surface area contributed by atoms with Gasteiger partial charge in [0.05, 0.1) is 0 Å². The molecule has 0 aromatic heterocycles. The number of unbranched alkanes of at least 4 members (excludes halogenated alkanes) is 1. The van der Waals surface area contributed by atoms with Crippen molar-refractivity contribution in [3.8, 4) is 6.07 Å². The summed E-state index contributed by atoms with van der Waals surface area (Å²) in [5.74, 6) is -4.02. The summed E-state index contributed by atoms with van der Waals surface area (Å²) in [4.78, 5) is 0. The molecule has 0 saturated carbocycles. The van der Waals surface area contributed by atoms with Gasteiger partial charge in [0.2, 0.25) is 0 Å². The zero-order valence-corrected chi connectivity index (χ0v) is 9.89. The predicted molar refractivity (Wildman–Crippen MR) is 57.6 cm³/mol. The van der Waals surface area contributed by atoms with E-state index in [2.05, 4.69) is 6.92 Å². The zero-order valence-electron chi connectivity index (χ0n) is 9.89. The summed E-state index contributed by atoms with van der Waals surface area (Å²) in [5, 5.41) is 8.41. The Hall–Kier alpha value is -0.650. The van der Waals surface area contributed by atoms with Crippen molar-refractivity contribution in [1.29, 1.82) is 5.26 Å². The first kappa shape index (κ1) is 14.3. The molecular formula is C12H21F2N. The molecule has 3 heteroatoms. The maximum absolute atomic E-state index is 13.2. The second-order valence-electron chi connectivity index (χ2n) is 4.21. The quantitative estimate of drug-likeness (QED) is 0.620. The Balaban J connectivity index is 4.41. The summed E-state index contributed by atoms with van der Waals surface area (Å²) in [6, 6.07) is 1.12. The van der Waals surface area contributed by atoms with Gasteiger partial charge in [0.25, 0.3) is 0 Å². The van der Waals surface area contributed by atoms with Crippen LogP contribution in [0.3, 0.4) is 0 Å². The normalized spacial score (nSPS) is 15.7. The van der Waals surface area contributed by atoms with E-state index < -0.39 is 11.8 Å². The second-order valence-corrected chi connectivity index (χ2v) is 4.21. The van der Waals surface area contributed by atoms with Crippen LogP contribution in [0.25, 0.3) is 0 Å². The second kappa shape index (κ2) is 6.76. The lowest BCUT2D eigenvalue weighted by Crippen LogP contribution is -2.30. The minimum Gasteiger partial charge on any atom is -0.192 e. The van der Waals surface area contributed by atoms with E-state index in [4.69, 9.17) is 5.26 Å². The van der Waals surface area contributed by atoms with E-state index in [-0.39, 0.29) is 5.92 Å².